The van der Waals surface area contributed by atoms with E-state index < -0.39 is 23.3 Å². The summed E-state index contributed by atoms with van der Waals surface area (Å²) in [5.41, 5.74) is -1.96. The van der Waals surface area contributed by atoms with Crippen molar-refractivity contribution in [1.29, 1.82) is 0 Å². The zero-order valence-corrected chi connectivity index (χ0v) is 10.9. The molecule has 0 aliphatic carbocycles. The van der Waals surface area contributed by atoms with E-state index in [2.05, 4.69) is 10.1 Å². The van der Waals surface area contributed by atoms with E-state index >= 15 is 0 Å². The zero-order chi connectivity index (χ0) is 14.9. The molecule has 1 aromatic heterocycles. The van der Waals surface area contributed by atoms with Gasteiger partial charge in [0.2, 0.25) is 0 Å². The normalized spacial score (nSPS) is 11.6. The van der Waals surface area contributed by atoms with Crippen molar-refractivity contribution in [3.63, 3.8) is 0 Å². The Morgan fingerprint density at radius 3 is 2.60 bits per heavy atom. The number of aromatic carboxylic acids is 1. The largest absolute Gasteiger partial charge is 0.478 e. The lowest BCUT2D eigenvalue weighted by atomic mass is 10.1. The van der Waals surface area contributed by atoms with Crippen LogP contribution < -0.4 is 0 Å². The topological polar surface area (TPSA) is 68.0 Å². The molecule has 0 saturated carbocycles. The summed E-state index contributed by atoms with van der Waals surface area (Å²) in [6.07, 6.45) is -3.46. The second-order valence-electron chi connectivity index (χ2n) is 3.78. The Labute approximate surface area is 115 Å². The van der Waals surface area contributed by atoms with Gasteiger partial charge < -0.3 is 5.11 Å². The molecule has 0 fully saturated rings. The van der Waals surface area contributed by atoms with Gasteiger partial charge in [-0.2, -0.15) is 18.3 Å². The summed E-state index contributed by atoms with van der Waals surface area (Å²) in [6.45, 7) is 0. The first-order valence-electron chi connectivity index (χ1n) is 5.25. The predicted octanol–water partition coefficient (Wildman–Crippen LogP) is 2.68. The molecule has 1 N–H and O–H groups in total. The summed E-state index contributed by atoms with van der Waals surface area (Å²) in [7, 11) is 1.60. The summed E-state index contributed by atoms with van der Waals surface area (Å²) in [5, 5.41) is 13.0. The lowest BCUT2D eigenvalue weighted by molar-refractivity contribution is -0.138. The van der Waals surface area contributed by atoms with Crippen LogP contribution in [-0.4, -0.2) is 25.8 Å². The van der Waals surface area contributed by atoms with E-state index in [1.807, 2.05) is 0 Å². The molecule has 1 aromatic carbocycles. The SMILES string of the molecule is Cn1ncnc1Sc1ccc(C(=O)O)c(C(F)(F)F)c1. The van der Waals surface area contributed by atoms with Crippen LogP contribution in [0.25, 0.3) is 0 Å². The first-order chi connectivity index (χ1) is 9.29. The number of carbonyl (C=O) groups is 1. The Kier molecular flexibility index (Phi) is 3.71. The Hall–Kier alpha value is -2.03. The van der Waals surface area contributed by atoms with Gasteiger partial charge in [-0.3, -0.25) is 0 Å². The molecule has 0 atom stereocenters. The fraction of sp³-hybridized carbons (Fsp3) is 0.182. The van der Waals surface area contributed by atoms with Crippen molar-refractivity contribution >= 4 is 17.7 Å². The van der Waals surface area contributed by atoms with Crippen molar-refractivity contribution in [2.75, 3.05) is 0 Å². The number of hydrogen-bond donors (Lipinski definition) is 1. The summed E-state index contributed by atoms with van der Waals surface area (Å²) >= 11 is 0.968. The first-order valence-corrected chi connectivity index (χ1v) is 6.07. The molecule has 2 aromatic rings. The molecule has 5 nitrogen and oxygen atoms in total. The average Bonchev–Trinajstić information content (AvgIpc) is 2.73. The molecule has 0 radical (unpaired) electrons. The summed E-state index contributed by atoms with van der Waals surface area (Å²) in [4.78, 5) is 14.9. The first kappa shape index (κ1) is 14.4. The summed E-state index contributed by atoms with van der Waals surface area (Å²) < 4.78 is 39.9. The van der Waals surface area contributed by atoms with Crippen LogP contribution >= 0.6 is 11.8 Å². The van der Waals surface area contributed by atoms with Crippen LogP contribution in [0.15, 0.2) is 34.6 Å². The van der Waals surface area contributed by atoms with Crippen molar-refractivity contribution in [1.82, 2.24) is 14.8 Å². The van der Waals surface area contributed by atoms with Gasteiger partial charge in [0.15, 0.2) is 5.16 Å². The van der Waals surface area contributed by atoms with Crippen molar-refractivity contribution in [3.8, 4) is 0 Å². The Bertz CT molecular complexity index is 655. The highest BCUT2D eigenvalue weighted by molar-refractivity contribution is 7.99. The smallest absolute Gasteiger partial charge is 0.417 e. The third-order valence-corrected chi connectivity index (χ3v) is 3.45. The van der Waals surface area contributed by atoms with Crippen LogP contribution in [0, 0.1) is 0 Å². The molecule has 0 unspecified atom stereocenters. The molecule has 0 aliphatic heterocycles. The molecule has 0 aliphatic rings. The zero-order valence-electron chi connectivity index (χ0n) is 10.0. The molecule has 0 spiro atoms. The van der Waals surface area contributed by atoms with Crippen LogP contribution in [0.5, 0.6) is 0 Å². The minimum absolute atomic E-state index is 0.235. The number of benzene rings is 1. The van der Waals surface area contributed by atoms with Gasteiger partial charge in [0.1, 0.15) is 6.33 Å². The van der Waals surface area contributed by atoms with Gasteiger partial charge >= 0.3 is 12.1 Å². The molecular formula is C11H8F3N3O2S. The lowest BCUT2D eigenvalue weighted by Gasteiger charge is -2.11. The number of nitrogens with zero attached hydrogens (tertiary/aromatic N) is 3. The van der Waals surface area contributed by atoms with Crippen LogP contribution in [0.1, 0.15) is 15.9 Å². The molecule has 0 bridgehead atoms. The van der Waals surface area contributed by atoms with Crippen molar-refractivity contribution in [2.24, 2.45) is 7.05 Å². The Morgan fingerprint density at radius 2 is 2.10 bits per heavy atom. The van der Waals surface area contributed by atoms with E-state index in [4.69, 9.17) is 5.11 Å². The molecular weight excluding hydrogens is 295 g/mol. The maximum atomic E-state index is 12.8. The molecule has 20 heavy (non-hydrogen) atoms. The molecule has 0 amide bonds. The van der Waals surface area contributed by atoms with Crippen LogP contribution in [0.4, 0.5) is 13.2 Å². The molecule has 1 heterocycles. The van der Waals surface area contributed by atoms with E-state index in [0.717, 1.165) is 23.9 Å². The molecule has 9 heteroatoms. The highest BCUT2D eigenvalue weighted by atomic mass is 32.2. The number of carboxylic acids is 1. The van der Waals surface area contributed by atoms with Crippen LogP contribution in [-0.2, 0) is 13.2 Å². The molecule has 0 saturated heterocycles. The number of aryl methyl sites for hydroxylation is 1. The highest BCUT2D eigenvalue weighted by Crippen LogP contribution is 2.36. The van der Waals surface area contributed by atoms with Gasteiger partial charge in [-0.1, -0.05) is 11.8 Å². The quantitative estimate of drug-likeness (QED) is 0.944. The maximum Gasteiger partial charge on any atom is 0.417 e. The second-order valence-corrected chi connectivity index (χ2v) is 4.82. The van der Waals surface area contributed by atoms with Crippen molar-refractivity contribution in [3.05, 3.63) is 35.7 Å². The van der Waals surface area contributed by atoms with E-state index in [1.54, 1.807) is 7.05 Å². The van der Waals surface area contributed by atoms with Gasteiger partial charge in [-0.25, -0.2) is 14.5 Å². The third-order valence-electron chi connectivity index (χ3n) is 2.41. The highest BCUT2D eigenvalue weighted by Gasteiger charge is 2.35. The average molecular weight is 303 g/mol. The predicted molar refractivity (Wildman–Crippen MR) is 63.5 cm³/mol. The van der Waals surface area contributed by atoms with Crippen LogP contribution in [0.3, 0.4) is 0 Å². The monoisotopic (exact) mass is 303 g/mol. The Balaban J connectivity index is 2.42. The standard InChI is InChI=1S/C11H8F3N3O2S/c1-17-10(15-5-16-17)20-6-2-3-7(9(18)19)8(4-6)11(12,13)14/h2-5H,1H3,(H,18,19). The second kappa shape index (κ2) is 5.16. The summed E-state index contributed by atoms with van der Waals surface area (Å²) in [5.74, 6) is -1.62. The van der Waals surface area contributed by atoms with Gasteiger partial charge in [-0.05, 0) is 18.2 Å². The lowest BCUT2D eigenvalue weighted by Crippen LogP contribution is -2.12. The van der Waals surface area contributed by atoms with E-state index in [-0.39, 0.29) is 4.90 Å². The van der Waals surface area contributed by atoms with Crippen molar-refractivity contribution < 1.29 is 23.1 Å². The van der Waals surface area contributed by atoms with Gasteiger partial charge in [0.25, 0.3) is 0 Å². The number of carboxylic acid groups (broad SMARTS) is 1. The number of rotatable bonds is 3. The number of hydrogen-bond acceptors (Lipinski definition) is 4. The number of aromatic nitrogens is 3. The fourth-order valence-corrected chi connectivity index (χ4v) is 2.29. The molecule has 106 valence electrons. The Morgan fingerprint density at radius 1 is 1.40 bits per heavy atom. The van der Waals surface area contributed by atoms with Gasteiger partial charge in [0, 0.05) is 11.9 Å². The fourth-order valence-electron chi connectivity index (χ4n) is 1.49. The van der Waals surface area contributed by atoms with Gasteiger partial charge in [0.05, 0.1) is 11.1 Å². The number of alkyl halides is 3. The minimum Gasteiger partial charge on any atom is -0.478 e. The minimum atomic E-state index is -4.73. The van der Waals surface area contributed by atoms with E-state index in [0.29, 0.717) is 5.16 Å². The van der Waals surface area contributed by atoms with Crippen molar-refractivity contribution in [2.45, 2.75) is 16.2 Å². The molecule has 2 rings (SSSR count). The number of halogens is 3. The summed E-state index contributed by atoms with van der Waals surface area (Å²) in [6, 6.07) is 3.03. The third kappa shape index (κ3) is 2.93. The van der Waals surface area contributed by atoms with Gasteiger partial charge in [-0.15, -0.1) is 0 Å². The van der Waals surface area contributed by atoms with E-state index in [1.165, 1.54) is 17.1 Å². The van der Waals surface area contributed by atoms with E-state index in [9.17, 15) is 18.0 Å². The maximum absolute atomic E-state index is 12.8. The van der Waals surface area contributed by atoms with Crippen LogP contribution in [0.2, 0.25) is 0 Å².